The molecule has 4 rings (SSSR count). The Kier molecular flexibility index (Phi) is 5.37. The second-order valence-corrected chi connectivity index (χ2v) is 8.94. The first-order chi connectivity index (χ1) is 13.9. The maximum Gasteiger partial charge on any atom is 0.258 e. The number of rotatable bonds is 3. The minimum atomic E-state index is -3.77. The molecule has 7 nitrogen and oxygen atoms in total. The van der Waals surface area contributed by atoms with Gasteiger partial charge < -0.3 is 14.4 Å². The molecule has 0 bridgehead atoms. The minimum Gasteiger partial charge on any atom is -0.486 e. The number of benzene rings is 2. The van der Waals surface area contributed by atoms with E-state index in [0.29, 0.717) is 24.7 Å². The molecular formula is C19H18ClFN2O5S. The molecule has 10 heteroatoms. The molecule has 1 saturated heterocycles. The quantitative estimate of drug-likeness (QED) is 0.732. The molecule has 0 atom stereocenters. The van der Waals surface area contributed by atoms with E-state index in [-0.39, 0.29) is 41.7 Å². The summed E-state index contributed by atoms with van der Waals surface area (Å²) >= 11 is 5.97. The topological polar surface area (TPSA) is 76.2 Å². The zero-order valence-electron chi connectivity index (χ0n) is 15.3. The first-order valence-electron chi connectivity index (χ1n) is 9.01. The summed E-state index contributed by atoms with van der Waals surface area (Å²) in [4.78, 5) is 14.1. The molecule has 0 spiro atoms. The highest BCUT2D eigenvalue weighted by atomic mass is 35.5. The number of amides is 1. The number of sulfonamides is 1. The summed E-state index contributed by atoms with van der Waals surface area (Å²) in [5.41, 5.74) is -0.197. The van der Waals surface area contributed by atoms with Gasteiger partial charge in [0.25, 0.3) is 5.91 Å². The van der Waals surface area contributed by atoms with Crippen molar-refractivity contribution in [3.8, 4) is 11.5 Å². The Balaban J connectivity index is 1.48. The fraction of sp³-hybridized carbons (Fsp3) is 0.316. The van der Waals surface area contributed by atoms with Crippen LogP contribution in [-0.2, 0) is 10.0 Å². The number of hydrogen-bond acceptors (Lipinski definition) is 5. The van der Waals surface area contributed by atoms with Gasteiger partial charge in [-0.15, -0.1) is 0 Å². The standard InChI is InChI=1S/C19H18ClFN2O5S/c20-14-2-1-3-15(21)18(14)19(24)22-6-8-23(9-7-22)29(25,26)13-4-5-16-17(12-13)28-11-10-27-16/h1-5,12H,6-11H2. The Morgan fingerprint density at radius 1 is 1.00 bits per heavy atom. The summed E-state index contributed by atoms with van der Waals surface area (Å²) in [6, 6.07) is 8.52. The van der Waals surface area contributed by atoms with E-state index < -0.39 is 21.7 Å². The van der Waals surface area contributed by atoms with Gasteiger partial charge in [0.2, 0.25) is 10.0 Å². The van der Waals surface area contributed by atoms with Crippen molar-refractivity contribution in [2.24, 2.45) is 0 Å². The second-order valence-electron chi connectivity index (χ2n) is 6.60. The summed E-state index contributed by atoms with van der Waals surface area (Å²) < 4.78 is 52.1. The van der Waals surface area contributed by atoms with Gasteiger partial charge >= 0.3 is 0 Å². The van der Waals surface area contributed by atoms with Crippen molar-refractivity contribution in [3.05, 3.63) is 52.8 Å². The Hall–Kier alpha value is -2.36. The van der Waals surface area contributed by atoms with Gasteiger partial charge in [0.05, 0.1) is 15.5 Å². The van der Waals surface area contributed by atoms with E-state index in [2.05, 4.69) is 0 Å². The van der Waals surface area contributed by atoms with Crippen molar-refractivity contribution in [3.63, 3.8) is 0 Å². The highest BCUT2D eigenvalue weighted by molar-refractivity contribution is 7.89. The lowest BCUT2D eigenvalue weighted by Crippen LogP contribution is -2.50. The third-order valence-electron chi connectivity index (χ3n) is 4.85. The maximum absolute atomic E-state index is 14.0. The van der Waals surface area contributed by atoms with Gasteiger partial charge in [-0.25, -0.2) is 12.8 Å². The van der Waals surface area contributed by atoms with Crippen LogP contribution in [0.15, 0.2) is 41.3 Å². The van der Waals surface area contributed by atoms with Gasteiger partial charge in [0.15, 0.2) is 11.5 Å². The van der Waals surface area contributed by atoms with Crippen LogP contribution in [0.2, 0.25) is 5.02 Å². The van der Waals surface area contributed by atoms with Crippen molar-refractivity contribution in [2.45, 2.75) is 4.90 Å². The largest absolute Gasteiger partial charge is 0.486 e. The lowest BCUT2D eigenvalue weighted by Gasteiger charge is -2.34. The molecule has 2 aromatic carbocycles. The average molecular weight is 441 g/mol. The molecule has 0 N–H and O–H groups in total. The molecule has 0 radical (unpaired) electrons. The van der Waals surface area contributed by atoms with Crippen LogP contribution in [0.3, 0.4) is 0 Å². The molecule has 0 saturated carbocycles. The van der Waals surface area contributed by atoms with Gasteiger partial charge in [0.1, 0.15) is 19.0 Å². The molecule has 154 valence electrons. The molecule has 0 aliphatic carbocycles. The number of nitrogens with zero attached hydrogens (tertiary/aromatic N) is 2. The van der Waals surface area contributed by atoms with Crippen molar-refractivity contribution in [2.75, 3.05) is 39.4 Å². The third-order valence-corrected chi connectivity index (χ3v) is 7.06. The van der Waals surface area contributed by atoms with E-state index in [9.17, 15) is 17.6 Å². The third kappa shape index (κ3) is 3.77. The molecular weight excluding hydrogens is 423 g/mol. The Bertz CT molecular complexity index is 1030. The highest BCUT2D eigenvalue weighted by Crippen LogP contribution is 2.33. The zero-order valence-corrected chi connectivity index (χ0v) is 16.9. The number of halogens is 2. The fourth-order valence-corrected chi connectivity index (χ4v) is 5.01. The maximum atomic E-state index is 14.0. The monoisotopic (exact) mass is 440 g/mol. The molecule has 1 fully saturated rings. The minimum absolute atomic E-state index is 0.0290. The molecule has 2 aliphatic heterocycles. The summed E-state index contributed by atoms with van der Waals surface area (Å²) in [5.74, 6) is -0.356. The lowest BCUT2D eigenvalue weighted by molar-refractivity contribution is 0.0693. The van der Waals surface area contributed by atoms with Crippen LogP contribution in [0.5, 0.6) is 11.5 Å². The van der Waals surface area contributed by atoms with Gasteiger partial charge in [-0.3, -0.25) is 4.79 Å². The summed E-state index contributed by atoms with van der Waals surface area (Å²) in [7, 11) is -3.77. The van der Waals surface area contributed by atoms with Crippen LogP contribution >= 0.6 is 11.6 Å². The predicted molar refractivity (Wildman–Crippen MR) is 104 cm³/mol. The Labute approximate surface area is 172 Å². The van der Waals surface area contributed by atoms with Crippen molar-refractivity contribution < 1.29 is 27.1 Å². The van der Waals surface area contributed by atoms with Crippen LogP contribution in [0.4, 0.5) is 4.39 Å². The van der Waals surface area contributed by atoms with Gasteiger partial charge in [-0.2, -0.15) is 4.31 Å². The number of piperazine rings is 1. The average Bonchev–Trinajstić information content (AvgIpc) is 2.73. The normalized spacial score (nSPS) is 17.2. The van der Waals surface area contributed by atoms with Crippen molar-refractivity contribution in [1.29, 1.82) is 0 Å². The van der Waals surface area contributed by atoms with E-state index in [1.165, 1.54) is 39.5 Å². The van der Waals surface area contributed by atoms with Crippen molar-refractivity contribution in [1.82, 2.24) is 9.21 Å². The fourth-order valence-electron chi connectivity index (χ4n) is 3.32. The number of hydrogen-bond donors (Lipinski definition) is 0. The number of fused-ring (bicyclic) bond motifs is 1. The second kappa shape index (κ2) is 7.81. The predicted octanol–water partition coefficient (Wildman–Crippen LogP) is 2.40. The molecule has 0 aromatic heterocycles. The molecule has 2 aliphatic rings. The van der Waals surface area contributed by atoms with E-state index >= 15 is 0 Å². The molecule has 2 aromatic rings. The van der Waals surface area contributed by atoms with Crippen LogP contribution in [0.1, 0.15) is 10.4 Å². The van der Waals surface area contributed by atoms with E-state index in [0.717, 1.165) is 0 Å². The molecule has 29 heavy (non-hydrogen) atoms. The number of carbonyl (C=O) groups excluding carboxylic acids is 1. The van der Waals surface area contributed by atoms with E-state index in [4.69, 9.17) is 21.1 Å². The SMILES string of the molecule is O=C(c1c(F)cccc1Cl)N1CCN(S(=O)(=O)c2ccc3c(c2)OCCO3)CC1. The van der Waals surface area contributed by atoms with E-state index in [1.54, 1.807) is 6.07 Å². The van der Waals surface area contributed by atoms with Gasteiger partial charge in [0, 0.05) is 32.2 Å². The molecule has 1 amide bonds. The zero-order chi connectivity index (χ0) is 20.6. The highest BCUT2D eigenvalue weighted by Gasteiger charge is 2.32. The van der Waals surface area contributed by atoms with Crippen LogP contribution in [0.25, 0.3) is 0 Å². The van der Waals surface area contributed by atoms with Crippen LogP contribution in [-0.4, -0.2) is 62.9 Å². The Morgan fingerprint density at radius 2 is 1.69 bits per heavy atom. The number of carbonyl (C=O) groups is 1. The first-order valence-corrected chi connectivity index (χ1v) is 10.8. The lowest BCUT2D eigenvalue weighted by atomic mass is 10.1. The number of ether oxygens (including phenoxy) is 2. The summed E-state index contributed by atoms with van der Waals surface area (Å²) in [6.07, 6.45) is 0. The smallest absolute Gasteiger partial charge is 0.258 e. The summed E-state index contributed by atoms with van der Waals surface area (Å²) in [6.45, 7) is 1.22. The van der Waals surface area contributed by atoms with E-state index in [1.807, 2.05) is 0 Å². The van der Waals surface area contributed by atoms with Gasteiger partial charge in [-0.05, 0) is 24.3 Å². The van der Waals surface area contributed by atoms with Gasteiger partial charge in [-0.1, -0.05) is 17.7 Å². The van der Waals surface area contributed by atoms with Crippen LogP contribution in [0, 0.1) is 5.82 Å². The first kappa shape index (κ1) is 19.9. The Morgan fingerprint density at radius 3 is 2.38 bits per heavy atom. The molecule has 2 heterocycles. The van der Waals surface area contributed by atoms with Crippen LogP contribution < -0.4 is 9.47 Å². The summed E-state index contributed by atoms with van der Waals surface area (Å²) in [5, 5.41) is 0.0290. The molecule has 0 unspecified atom stereocenters. The van der Waals surface area contributed by atoms with Crippen molar-refractivity contribution >= 4 is 27.5 Å².